The Morgan fingerprint density at radius 1 is 1.35 bits per heavy atom. The molecule has 5 heteroatoms. The number of fused-ring (bicyclic) bond motifs is 1. The summed E-state index contributed by atoms with van der Waals surface area (Å²) in [5, 5.41) is 8.96. The highest BCUT2D eigenvalue weighted by Crippen LogP contribution is 2.50. The van der Waals surface area contributed by atoms with Gasteiger partial charge in [0, 0.05) is 26.7 Å². The molecule has 2 atom stereocenters. The number of likely N-dealkylation sites (tertiary alicyclic amines) is 1. The number of aliphatic carboxylic acids is 1. The molecule has 2 fully saturated rings. The Hall–Kier alpha value is -1.88. The van der Waals surface area contributed by atoms with Crippen LogP contribution in [0.4, 0.5) is 0 Å². The van der Waals surface area contributed by atoms with Gasteiger partial charge in [-0.15, -0.1) is 0 Å². The number of carbonyl (C=O) groups is 2. The van der Waals surface area contributed by atoms with Crippen LogP contribution in [0.1, 0.15) is 24.8 Å². The highest BCUT2D eigenvalue weighted by molar-refractivity contribution is 5.87. The third-order valence-electron chi connectivity index (χ3n) is 5.34. The van der Waals surface area contributed by atoms with Crippen molar-refractivity contribution in [3.63, 3.8) is 0 Å². The standard InChI is InChI=1S/C18H24N2O3/c1-19(12-16(21)22)17(23)18-9-5-8-15(18)11-20(13-18)10-14-6-3-2-4-7-14/h2-4,6-7,15H,5,8-13H2,1H3,(H,21,22)/t15-,18-/m1/s1. The number of carboxylic acids is 1. The Balaban J connectivity index is 1.73. The Bertz CT molecular complexity index is 589. The summed E-state index contributed by atoms with van der Waals surface area (Å²) >= 11 is 0. The number of carboxylic acid groups (broad SMARTS) is 1. The zero-order valence-corrected chi connectivity index (χ0v) is 13.6. The molecule has 3 rings (SSSR count). The van der Waals surface area contributed by atoms with Gasteiger partial charge in [0.15, 0.2) is 0 Å². The number of benzene rings is 1. The third kappa shape index (κ3) is 3.11. The summed E-state index contributed by atoms with van der Waals surface area (Å²) in [6.45, 7) is 2.32. The van der Waals surface area contributed by atoms with E-state index in [2.05, 4.69) is 17.0 Å². The van der Waals surface area contributed by atoms with E-state index in [1.807, 2.05) is 18.2 Å². The number of nitrogens with zero attached hydrogens (tertiary/aromatic N) is 2. The van der Waals surface area contributed by atoms with E-state index >= 15 is 0 Å². The van der Waals surface area contributed by atoms with Gasteiger partial charge in [-0.3, -0.25) is 14.5 Å². The molecule has 1 saturated carbocycles. The van der Waals surface area contributed by atoms with E-state index in [4.69, 9.17) is 5.11 Å². The lowest BCUT2D eigenvalue weighted by molar-refractivity contribution is -0.149. The molecule has 1 aromatic rings. The predicted molar refractivity (Wildman–Crippen MR) is 86.8 cm³/mol. The molecule has 0 radical (unpaired) electrons. The quantitative estimate of drug-likeness (QED) is 0.900. The van der Waals surface area contributed by atoms with Crippen LogP contribution in [0.2, 0.25) is 0 Å². The van der Waals surface area contributed by atoms with Gasteiger partial charge in [0.2, 0.25) is 5.91 Å². The molecule has 5 nitrogen and oxygen atoms in total. The summed E-state index contributed by atoms with van der Waals surface area (Å²) in [5.74, 6) is -0.584. The summed E-state index contributed by atoms with van der Waals surface area (Å²) in [6, 6.07) is 10.3. The van der Waals surface area contributed by atoms with Crippen LogP contribution >= 0.6 is 0 Å². The number of rotatable bonds is 5. The molecule has 1 aliphatic heterocycles. The van der Waals surface area contributed by atoms with E-state index < -0.39 is 5.97 Å². The summed E-state index contributed by atoms with van der Waals surface area (Å²) in [7, 11) is 1.61. The molecule has 1 aliphatic carbocycles. The molecule has 0 spiro atoms. The largest absolute Gasteiger partial charge is 0.480 e. The van der Waals surface area contributed by atoms with Gasteiger partial charge >= 0.3 is 5.97 Å². The van der Waals surface area contributed by atoms with Crippen molar-refractivity contribution in [1.82, 2.24) is 9.80 Å². The molecule has 0 aromatic heterocycles. The Morgan fingerprint density at radius 3 is 2.78 bits per heavy atom. The first-order valence-electron chi connectivity index (χ1n) is 8.25. The van der Waals surface area contributed by atoms with Gasteiger partial charge in [0.05, 0.1) is 5.41 Å². The lowest BCUT2D eigenvalue weighted by Gasteiger charge is -2.31. The van der Waals surface area contributed by atoms with Crippen molar-refractivity contribution in [2.24, 2.45) is 11.3 Å². The second kappa shape index (κ2) is 6.32. The van der Waals surface area contributed by atoms with Crippen molar-refractivity contribution < 1.29 is 14.7 Å². The van der Waals surface area contributed by atoms with Crippen LogP contribution < -0.4 is 0 Å². The van der Waals surface area contributed by atoms with Gasteiger partial charge < -0.3 is 10.0 Å². The Kier molecular flexibility index (Phi) is 4.39. The maximum Gasteiger partial charge on any atom is 0.323 e. The van der Waals surface area contributed by atoms with Crippen LogP contribution in [0.15, 0.2) is 30.3 Å². The van der Waals surface area contributed by atoms with Crippen molar-refractivity contribution in [1.29, 1.82) is 0 Å². The van der Waals surface area contributed by atoms with Crippen molar-refractivity contribution in [2.75, 3.05) is 26.7 Å². The zero-order chi connectivity index (χ0) is 16.4. The van der Waals surface area contributed by atoms with Gasteiger partial charge in [-0.25, -0.2) is 0 Å². The van der Waals surface area contributed by atoms with E-state index in [1.54, 1.807) is 7.05 Å². The Morgan fingerprint density at radius 2 is 2.09 bits per heavy atom. The summed E-state index contributed by atoms with van der Waals surface area (Å²) in [6.07, 6.45) is 3.01. The molecule has 1 heterocycles. The molecule has 1 amide bonds. The van der Waals surface area contributed by atoms with Crippen LogP contribution in [-0.2, 0) is 16.1 Å². The summed E-state index contributed by atoms with van der Waals surface area (Å²) < 4.78 is 0. The fourth-order valence-corrected chi connectivity index (χ4v) is 4.36. The van der Waals surface area contributed by atoms with Crippen LogP contribution in [0.25, 0.3) is 0 Å². The fourth-order valence-electron chi connectivity index (χ4n) is 4.36. The third-order valence-corrected chi connectivity index (χ3v) is 5.34. The molecule has 1 aromatic carbocycles. The second-order valence-electron chi connectivity index (χ2n) is 6.96. The fraction of sp³-hybridized carbons (Fsp3) is 0.556. The number of amides is 1. The molecule has 124 valence electrons. The van der Waals surface area contributed by atoms with Crippen LogP contribution in [0, 0.1) is 11.3 Å². The maximum absolute atomic E-state index is 12.9. The normalized spacial score (nSPS) is 26.9. The van der Waals surface area contributed by atoms with E-state index in [1.165, 1.54) is 10.5 Å². The van der Waals surface area contributed by atoms with Crippen LogP contribution in [-0.4, -0.2) is 53.5 Å². The molecular formula is C18H24N2O3. The van der Waals surface area contributed by atoms with Gasteiger partial charge in [-0.2, -0.15) is 0 Å². The van der Waals surface area contributed by atoms with E-state index in [0.717, 1.165) is 38.9 Å². The Labute approximate surface area is 136 Å². The maximum atomic E-state index is 12.9. The summed E-state index contributed by atoms with van der Waals surface area (Å²) in [4.78, 5) is 27.6. The van der Waals surface area contributed by atoms with Crippen molar-refractivity contribution >= 4 is 11.9 Å². The molecule has 1 saturated heterocycles. The molecule has 23 heavy (non-hydrogen) atoms. The minimum Gasteiger partial charge on any atom is -0.480 e. The second-order valence-corrected chi connectivity index (χ2v) is 6.96. The zero-order valence-electron chi connectivity index (χ0n) is 13.6. The van der Waals surface area contributed by atoms with Gasteiger partial charge in [-0.05, 0) is 24.3 Å². The number of hydrogen-bond acceptors (Lipinski definition) is 3. The molecule has 1 N–H and O–H groups in total. The highest BCUT2D eigenvalue weighted by atomic mass is 16.4. The van der Waals surface area contributed by atoms with Crippen LogP contribution in [0.5, 0.6) is 0 Å². The van der Waals surface area contributed by atoms with E-state index in [9.17, 15) is 9.59 Å². The smallest absolute Gasteiger partial charge is 0.323 e. The van der Waals surface area contributed by atoms with Gasteiger partial charge in [0.1, 0.15) is 6.54 Å². The minimum atomic E-state index is -0.953. The predicted octanol–water partition coefficient (Wildman–Crippen LogP) is 1.83. The molecular weight excluding hydrogens is 292 g/mol. The van der Waals surface area contributed by atoms with E-state index in [0.29, 0.717) is 5.92 Å². The van der Waals surface area contributed by atoms with Gasteiger partial charge in [0.25, 0.3) is 0 Å². The van der Waals surface area contributed by atoms with Crippen molar-refractivity contribution in [3.8, 4) is 0 Å². The number of hydrogen-bond donors (Lipinski definition) is 1. The topological polar surface area (TPSA) is 60.9 Å². The monoisotopic (exact) mass is 316 g/mol. The minimum absolute atomic E-state index is 0.0120. The van der Waals surface area contributed by atoms with E-state index in [-0.39, 0.29) is 17.9 Å². The molecule has 2 aliphatic rings. The first kappa shape index (κ1) is 16.0. The SMILES string of the molecule is CN(CC(=O)O)C(=O)[C@@]12CCC[C@@H]1CN(Cc1ccccc1)C2. The van der Waals surface area contributed by atoms with Crippen LogP contribution in [0.3, 0.4) is 0 Å². The highest BCUT2D eigenvalue weighted by Gasteiger charge is 2.55. The lowest BCUT2D eigenvalue weighted by atomic mass is 9.79. The van der Waals surface area contributed by atoms with Crippen molar-refractivity contribution in [3.05, 3.63) is 35.9 Å². The average molecular weight is 316 g/mol. The first-order chi connectivity index (χ1) is 11.0. The molecule has 0 bridgehead atoms. The first-order valence-corrected chi connectivity index (χ1v) is 8.25. The summed E-state index contributed by atoms with van der Waals surface area (Å²) in [5.41, 5.74) is 0.882. The lowest BCUT2D eigenvalue weighted by Crippen LogP contribution is -2.46. The number of likely N-dealkylation sites (N-methyl/N-ethyl adjacent to an activating group) is 1. The van der Waals surface area contributed by atoms with Gasteiger partial charge in [-0.1, -0.05) is 36.8 Å². The number of carbonyl (C=O) groups excluding carboxylic acids is 1. The average Bonchev–Trinajstić information content (AvgIpc) is 3.04. The van der Waals surface area contributed by atoms with Crippen molar-refractivity contribution in [2.45, 2.75) is 25.8 Å². The molecule has 0 unspecified atom stereocenters.